The second kappa shape index (κ2) is 15.5. The largest absolute Gasteiger partial charge is 0.496 e. The maximum Gasteiger partial charge on any atom is 0.407 e. The predicted octanol–water partition coefficient (Wildman–Crippen LogP) is 4.52. The van der Waals surface area contributed by atoms with E-state index >= 15 is 0 Å². The van der Waals surface area contributed by atoms with Crippen molar-refractivity contribution in [1.29, 1.82) is 0 Å². The number of aromatic nitrogens is 1. The van der Waals surface area contributed by atoms with Crippen LogP contribution >= 0.6 is 0 Å². The molecule has 4 heterocycles. The molecule has 5 bridgehead atoms. The SMILES string of the molecule is COc1cc2ccnc3c2cc1/C=C/CC(C)(C)CCOC(=O)N[C@H]1CCCCC/C=C\[C@@H]2C[C@@]2(C(=O)NS(=O)(=O)C2CC2)NC(=O)[C@@H]2C[C@H](CN2C1=O)O3. The highest BCUT2D eigenvalue weighted by atomic mass is 32.2. The third-order valence-electron chi connectivity index (χ3n) is 11.5. The molecule has 3 fully saturated rings. The summed E-state index contributed by atoms with van der Waals surface area (Å²) >= 11 is 0. The summed E-state index contributed by atoms with van der Waals surface area (Å²) in [7, 11) is -2.28. The Morgan fingerprint density at radius 1 is 1.09 bits per heavy atom. The molecule has 0 spiro atoms. The topological polar surface area (TPSA) is 182 Å². The van der Waals surface area contributed by atoms with Gasteiger partial charge in [-0.2, -0.15) is 0 Å². The van der Waals surface area contributed by atoms with E-state index in [4.69, 9.17) is 14.2 Å². The number of nitrogens with one attached hydrogen (secondary N) is 3. The van der Waals surface area contributed by atoms with Gasteiger partial charge in [-0.1, -0.05) is 51.0 Å². The van der Waals surface area contributed by atoms with Crippen molar-refractivity contribution in [2.24, 2.45) is 11.3 Å². The summed E-state index contributed by atoms with van der Waals surface area (Å²) in [5, 5.41) is 6.61. The number of cyclic esters (lactones) is 1. The van der Waals surface area contributed by atoms with Gasteiger partial charge in [0.1, 0.15) is 29.5 Å². The van der Waals surface area contributed by atoms with Gasteiger partial charge >= 0.3 is 6.09 Å². The number of nitrogens with zero attached hydrogens (tertiary/aromatic N) is 2. The Morgan fingerprint density at radius 2 is 1.91 bits per heavy atom. The van der Waals surface area contributed by atoms with Gasteiger partial charge in [0.05, 0.1) is 25.5 Å². The number of amides is 4. The number of hydrogen-bond acceptors (Lipinski definition) is 10. The van der Waals surface area contributed by atoms with E-state index in [-0.39, 0.29) is 31.4 Å². The first-order valence-electron chi connectivity index (χ1n) is 19.4. The first-order valence-corrected chi connectivity index (χ1v) is 20.9. The Labute approximate surface area is 321 Å². The van der Waals surface area contributed by atoms with Gasteiger partial charge in [-0.3, -0.25) is 19.1 Å². The summed E-state index contributed by atoms with van der Waals surface area (Å²) in [5.41, 5.74) is -0.895. The second-order valence-corrected chi connectivity index (χ2v) is 18.2. The van der Waals surface area contributed by atoms with Crippen LogP contribution in [0, 0.1) is 11.3 Å². The number of alkyl carbamates (subject to hydrolysis) is 1. The number of methoxy groups -OCH3 is 1. The minimum absolute atomic E-state index is 0.00208. The Bertz CT molecular complexity index is 2010. The van der Waals surface area contributed by atoms with Crippen LogP contribution in [0.2, 0.25) is 0 Å². The van der Waals surface area contributed by atoms with Crippen LogP contribution in [-0.4, -0.2) is 91.4 Å². The van der Waals surface area contributed by atoms with Gasteiger partial charge in [0.25, 0.3) is 5.91 Å². The molecule has 14 nitrogen and oxygen atoms in total. The van der Waals surface area contributed by atoms with Crippen LogP contribution in [0.1, 0.15) is 90.0 Å². The van der Waals surface area contributed by atoms with Crippen molar-refractivity contribution in [2.45, 2.75) is 113 Å². The number of fused-ring (bicyclic) bond motifs is 4. The van der Waals surface area contributed by atoms with Gasteiger partial charge in [-0.15, -0.1) is 0 Å². The van der Waals surface area contributed by atoms with Gasteiger partial charge in [-0.25, -0.2) is 18.2 Å². The first kappa shape index (κ1) is 38.6. The van der Waals surface area contributed by atoms with Crippen LogP contribution in [0.4, 0.5) is 4.79 Å². The molecule has 15 heteroatoms. The molecule has 1 aromatic carbocycles. The van der Waals surface area contributed by atoms with E-state index in [0.29, 0.717) is 56.6 Å². The van der Waals surface area contributed by atoms with Gasteiger partial charge in [0.2, 0.25) is 27.7 Å². The lowest BCUT2D eigenvalue weighted by Crippen LogP contribution is -2.58. The Hall–Kier alpha value is -4.66. The van der Waals surface area contributed by atoms with Crippen molar-refractivity contribution in [2.75, 3.05) is 20.3 Å². The van der Waals surface area contributed by atoms with Crippen molar-refractivity contribution in [3.05, 3.63) is 48.2 Å². The van der Waals surface area contributed by atoms with Crippen molar-refractivity contribution in [1.82, 2.24) is 25.2 Å². The summed E-state index contributed by atoms with van der Waals surface area (Å²) in [5.74, 6) is -1.30. The molecule has 0 radical (unpaired) electrons. The standard InChI is InChI=1S/C40H51N5O9S/c1-39(2)16-9-10-26-20-30-25(21-33(26)52-3)15-18-41-35(30)54-28-22-32-34(46)43-40(37(48)44-55(50,51)29-13-14-29)23-27(40)11-7-5-4-6-8-12-31(36(47)45(32)24-28)42-38(49)53-19-17-39/h7,9-11,15,18,20-21,27-29,31-32H,4-6,8,12-14,16-17,19,22-24H2,1-3H3,(H,42,49)(H,43,46)(H,44,48)/b10-9+,11-7-/t27-,28-,31+,32+,40-/m1/s1. The fourth-order valence-corrected chi connectivity index (χ4v) is 9.17. The molecular weight excluding hydrogens is 727 g/mol. The van der Waals surface area contributed by atoms with Crippen LogP contribution in [0.15, 0.2) is 42.6 Å². The normalized spacial score (nSPS) is 30.1. The van der Waals surface area contributed by atoms with E-state index < -0.39 is 68.7 Å². The summed E-state index contributed by atoms with van der Waals surface area (Å²) in [6.45, 7) is 4.32. The van der Waals surface area contributed by atoms with Crippen LogP contribution in [0.3, 0.4) is 0 Å². The molecule has 5 atom stereocenters. The van der Waals surface area contributed by atoms with Gasteiger partial charge in [-0.05, 0) is 80.4 Å². The van der Waals surface area contributed by atoms with E-state index in [2.05, 4.69) is 40.3 Å². The van der Waals surface area contributed by atoms with E-state index in [1.165, 1.54) is 4.90 Å². The van der Waals surface area contributed by atoms with Gasteiger partial charge < -0.3 is 29.7 Å². The van der Waals surface area contributed by atoms with Crippen LogP contribution < -0.4 is 24.8 Å². The zero-order valence-electron chi connectivity index (χ0n) is 31.7. The molecule has 2 aromatic rings. The second-order valence-electron chi connectivity index (χ2n) is 16.3. The molecule has 4 amide bonds. The summed E-state index contributed by atoms with van der Waals surface area (Å²) in [6.07, 6.45) is 13.8. The first-order chi connectivity index (χ1) is 26.3. The van der Waals surface area contributed by atoms with Gasteiger partial charge in [0.15, 0.2) is 0 Å². The lowest BCUT2D eigenvalue weighted by Gasteiger charge is -2.30. The number of allylic oxidation sites excluding steroid dienone is 2. The smallest absolute Gasteiger partial charge is 0.407 e. The van der Waals surface area contributed by atoms with Crippen LogP contribution in [0.25, 0.3) is 16.8 Å². The molecule has 3 aliphatic heterocycles. The lowest BCUT2D eigenvalue weighted by atomic mass is 9.85. The fraction of sp³-hybridized carbons (Fsp3) is 0.575. The van der Waals surface area contributed by atoms with Crippen LogP contribution in [-0.2, 0) is 29.1 Å². The number of hydrogen-bond donors (Lipinski definition) is 3. The molecule has 5 aliphatic rings. The van der Waals surface area contributed by atoms with Crippen molar-refractivity contribution in [3.8, 4) is 11.6 Å². The third-order valence-corrected chi connectivity index (χ3v) is 13.3. The molecule has 296 valence electrons. The maximum atomic E-state index is 14.5. The van der Waals surface area contributed by atoms with Crippen molar-refractivity contribution < 1.29 is 41.8 Å². The molecular formula is C40H51N5O9S. The Morgan fingerprint density at radius 3 is 2.69 bits per heavy atom. The Kier molecular flexibility index (Phi) is 10.9. The molecule has 0 unspecified atom stereocenters. The van der Waals surface area contributed by atoms with E-state index in [1.54, 1.807) is 13.3 Å². The highest BCUT2D eigenvalue weighted by Gasteiger charge is 2.62. The third kappa shape index (κ3) is 8.61. The quantitative estimate of drug-likeness (QED) is 0.374. The predicted molar refractivity (Wildman–Crippen MR) is 204 cm³/mol. The fourth-order valence-electron chi connectivity index (χ4n) is 7.81. The molecule has 1 aromatic heterocycles. The molecule has 1 saturated heterocycles. The van der Waals surface area contributed by atoms with Crippen molar-refractivity contribution >= 4 is 50.7 Å². The highest BCUT2D eigenvalue weighted by Crippen LogP contribution is 2.46. The minimum atomic E-state index is -3.89. The minimum Gasteiger partial charge on any atom is -0.496 e. The zero-order valence-corrected chi connectivity index (χ0v) is 32.5. The maximum absolute atomic E-state index is 14.5. The molecule has 55 heavy (non-hydrogen) atoms. The van der Waals surface area contributed by atoms with Gasteiger partial charge in [0, 0.05) is 29.5 Å². The van der Waals surface area contributed by atoms with E-state index in [0.717, 1.165) is 29.2 Å². The lowest BCUT2D eigenvalue weighted by molar-refractivity contribution is -0.141. The number of carbonyl (C=O) groups excluding carboxylic acids is 4. The summed E-state index contributed by atoms with van der Waals surface area (Å²) in [6, 6.07) is 3.63. The van der Waals surface area contributed by atoms with E-state index in [1.807, 2.05) is 36.4 Å². The average Bonchev–Trinajstić information content (AvgIpc) is 4.06. The summed E-state index contributed by atoms with van der Waals surface area (Å²) in [4.78, 5) is 61.9. The Balaban J connectivity index is 1.25. The molecule has 2 aliphatic carbocycles. The summed E-state index contributed by atoms with van der Waals surface area (Å²) < 4.78 is 45.8. The number of ether oxygens (including phenoxy) is 3. The number of rotatable bonds is 4. The van der Waals surface area contributed by atoms with Crippen LogP contribution in [0.5, 0.6) is 11.6 Å². The molecule has 7 rings (SSSR count). The van der Waals surface area contributed by atoms with E-state index in [9.17, 15) is 27.6 Å². The zero-order chi connectivity index (χ0) is 39.0. The monoisotopic (exact) mass is 777 g/mol. The number of benzene rings is 1. The molecule has 2 saturated carbocycles. The van der Waals surface area contributed by atoms with Crippen molar-refractivity contribution in [3.63, 3.8) is 0 Å². The number of sulfonamides is 1. The average molecular weight is 778 g/mol. The molecule has 3 N–H and O–H groups in total. The number of carbonyl (C=O) groups is 4. The number of pyridine rings is 1. The highest BCUT2D eigenvalue weighted by molar-refractivity contribution is 7.91.